The Kier molecular flexibility index (Phi) is 8.72. The molecule has 0 N–H and O–H groups in total. The van der Waals surface area contributed by atoms with E-state index < -0.39 is 17.0 Å². The molecule has 3 rings (SSSR count). The van der Waals surface area contributed by atoms with Gasteiger partial charge in [-0.05, 0) is 27.7 Å². The molecule has 0 spiro atoms. The minimum absolute atomic E-state index is 0.556. The molecule has 140 valence electrons. The van der Waals surface area contributed by atoms with Crippen LogP contribution >= 0.6 is 18.6 Å². The van der Waals surface area contributed by atoms with Crippen LogP contribution in [0.15, 0.2) is 60.7 Å². The molecule has 0 fully saturated rings. The Morgan fingerprint density at radius 1 is 0.556 bits per heavy atom. The van der Waals surface area contributed by atoms with Crippen LogP contribution in [0.25, 0.3) is 10.6 Å². The zero-order valence-corrected chi connectivity index (χ0v) is 19.0. The second-order valence-electron chi connectivity index (χ2n) is 6.26. The Balaban J connectivity index is 0.000000817. The van der Waals surface area contributed by atoms with Crippen molar-refractivity contribution in [2.45, 2.75) is 27.7 Å². The number of aryl methyl sites for hydroxylation is 4. The van der Waals surface area contributed by atoms with Gasteiger partial charge < -0.3 is 10.6 Å². The van der Waals surface area contributed by atoms with E-state index >= 15 is 0 Å². The minimum atomic E-state index is -0.556. The van der Waals surface area contributed by atoms with Crippen LogP contribution in [0.3, 0.4) is 0 Å². The van der Waals surface area contributed by atoms with Gasteiger partial charge in [-0.1, -0.05) is 82.9 Å². The first-order chi connectivity index (χ1) is 13.0. The fourth-order valence-electron chi connectivity index (χ4n) is 2.86. The van der Waals surface area contributed by atoms with Crippen molar-refractivity contribution < 1.29 is 17.0 Å². The summed E-state index contributed by atoms with van der Waals surface area (Å²) in [6, 6.07) is 20.6. The molecule has 3 aromatic carbocycles. The van der Waals surface area contributed by atoms with E-state index in [1.807, 2.05) is 24.3 Å². The summed E-state index contributed by atoms with van der Waals surface area (Å²) in [7, 11) is 9.78. The van der Waals surface area contributed by atoms with E-state index in [0.717, 1.165) is 22.7 Å². The van der Waals surface area contributed by atoms with Gasteiger partial charge in [-0.3, -0.25) is 0 Å². The monoisotopic (exact) mass is 432 g/mol. The molecule has 0 saturated heterocycles. The molecule has 0 atom stereocenters. The van der Waals surface area contributed by atoms with Crippen molar-refractivity contribution in [2.24, 2.45) is 0 Å². The van der Waals surface area contributed by atoms with E-state index in [1.165, 1.54) is 22.3 Å². The van der Waals surface area contributed by atoms with E-state index in [-0.39, 0.29) is 0 Å². The summed E-state index contributed by atoms with van der Waals surface area (Å²) < 4.78 is 0. The molecule has 2 nitrogen and oxygen atoms in total. The predicted octanol–water partition coefficient (Wildman–Crippen LogP) is 8.97. The molecule has 0 amide bonds. The van der Waals surface area contributed by atoms with Crippen LogP contribution in [0.2, 0.25) is 0 Å². The maximum absolute atomic E-state index is 4.90. The average molecular weight is 433 g/mol. The van der Waals surface area contributed by atoms with Crippen molar-refractivity contribution >= 4 is 41.4 Å². The van der Waals surface area contributed by atoms with Crippen molar-refractivity contribution in [2.75, 3.05) is 0 Å². The Morgan fingerprint density at radius 3 is 1.15 bits per heavy atom. The van der Waals surface area contributed by atoms with Crippen LogP contribution < -0.4 is 0 Å². The normalized spacial score (nSPS) is 9.85. The number of rotatable bonds is 4. The van der Waals surface area contributed by atoms with Crippen LogP contribution in [0.1, 0.15) is 22.3 Å². The van der Waals surface area contributed by atoms with Gasteiger partial charge in [-0.15, -0.1) is 11.4 Å². The molecule has 27 heavy (non-hydrogen) atoms. The zero-order valence-electron chi connectivity index (χ0n) is 15.9. The first-order valence-corrected chi connectivity index (χ1v) is 12.9. The first-order valence-electron chi connectivity index (χ1n) is 8.59. The standard InChI is InChI=1S/C22H22N2.2ClH.Ti/c1-15-9-7-10-16(2)21(15)23-19-13-5-6-14-20(19)24-22-17(3)11-8-12-18(22)4;;;/h5-14H,1-4H3;2*1H;/q-2;;;+2/p-2. The topological polar surface area (TPSA) is 28.2 Å². The van der Waals surface area contributed by atoms with Crippen LogP contribution in [0, 0.1) is 27.7 Å². The molecule has 0 saturated carbocycles. The van der Waals surface area contributed by atoms with Gasteiger partial charge in [-0.25, -0.2) is 0 Å². The van der Waals surface area contributed by atoms with Gasteiger partial charge >= 0.3 is 35.6 Å². The average Bonchev–Trinajstić information content (AvgIpc) is 2.63. The van der Waals surface area contributed by atoms with Gasteiger partial charge in [0.05, 0.1) is 0 Å². The number of para-hydroxylation sites is 4. The van der Waals surface area contributed by atoms with Gasteiger partial charge in [0.25, 0.3) is 0 Å². The summed E-state index contributed by atoms with van der Waals surface area (Å²) in [6.45, 7) is 8.38. The molecule has 0 bridgehead atoms. The van der Waals surface area contributed by atoms with E-state index in [4.69, 9.17) is 29.2 Å². The molecule has 0 aliphatic heterocycles. The molecule has 3 aromatic rings. The Hall–Kier alpha value is -1.45. The predicted molar refractivity (Wildman–Crippen MR) is 115 cm³/mol. The summed E-state index contributed by atoms with van der Waals surface area (Å²) in [6.07, 6.45) is 0. The molecular weight excluding hydrogens is 411 g/mol. The maximum atomic E-state index is 4.90. The number of benzene rings is 3. The fourth-order valence-corrected chi connectivity index (χ4v) is 2.86. The molecule has 0 aliphatic rings. The fraction of sp³-hybridized carbons (Fsp3) is 0.182. The molecule has 0 unspecified atom stereocenters. The van der Waals surface area contributed by atoms with Crippen molar-refractivity contribution in [1.29, 1.82) is 0 Å². The summed E-state index contributed by atoms with van der Waals surface area (Å²) in [5.74, 6) is 0. The number of hydrogen-bond donors (Lipinski definition) is 0. The first kappa shape index (κ1) is 21.8. The van der Waals surface area contributed by atoms with Crippen LogP contribution in [0.4, 0.5) is 22.7 Å². The SMILES string of the molecule is Cc1cccc(C)c1[N-]c1ccccc1[N-]c1c(C)cccc1C.[Cl][Ti][Cl]. The van der Waals surface area contributed by atoms with E-state index in [2.05, 4.69) is 64.1 Å². The summed E-state index contributed by atoms with van der Waals surface area (Å²) in [4.78, 5) is 0. The van der Waals surface area contributed by atoms with E-state index in [9.17, 15) is 0 Å². The van der Waals surface area contributed by atoms with Gasteiger partial charge in [0.2, 0.25) is 0 Å². The van der Waals surface area contributed by atoms with Crippen molar-refractivity contribution in [1.82, 2.24) is 0 Å². The van der Waals surface area contributed by atoms with Gasteiger partial charge in [0.1, 0.15) is 0 Å². The third-order valence-corrected chi connectivity index (χ3v) is 4.23. The number of halogens is 2. The molecule has 5 heteroatoms. The van der Waals surface area contributed by atoms with Crippen LogP contribution in [0.5, 0.6) is 0 Å². The Labute approximate surface area is 179 Å². The second kappa shape index (κ2) is 10.8. The van der Waals surface area contributed by atoms with Gasteiger partial charge in [-0.2, -0.15) is 11.4 Å². The molecule has 0 aliphatic carbocycles. The number of hydrogen-bond acceptors (Lipinski definition) is 0. The van der Waals surface area contributed by atoms with Gasteiger partial charge in [0.15, 0.2) is 0 Å². The third kappa shape index (κ3) is 6.02. The molecule has 0 heterocycles. The summed E-state index contributed by atoms with van der Waals surface area (Å²) >= 11 is -0.556. The van der Waals surface area contributed by atoms with E-state index in [1.54, 1.807) is 0 Å². The van der Waals surface area contributed by atoms with Crippen LogP contribution in [-0.2, 0) is 17.0 Å². The van der Waals surface area contributed by atoms with Crippen molar-refractivity contribution in [3.05, 3.63) is 93.6 Å². The third-order valence-electron chi connectivity index (χ3n) is 4.23. The quantitative estimate of drug-likeness (QED) is 0.368. The zero-order chi connectivity index (χ0) is 19.8. The Bertz CT molecular complexity index is 784. The number of nitrogens with zero attached hydrogens (tertiary/aromatic N) is 2. The molecule has 0 aromatic heterocycles. The molecule has 0 radical (unpaired) electrons. The summed E-state index contributed by atoms with van der Waals surface area (Å²) in [5, 5.41) is 9.80. The van der Waals surface area contributed by atoms with Crippen LogP contribution in [-0.4, -0.2) is 0 Å². The Morgan fingerprint density at radius 2 is 0.852 bits per heavy atom. The summed E-state index contributed by atoms with van der Waals surface area (Å²) in [5.41, 5.74) is 8.57. The molecular formula is C22H22Cl2N2Ti-2. The van der Waals surface area contributed by atoms with Crippen molar-refractivity contribution in [3.63, 3.8) is 0 Å². The van der Waals surface area contributed by atoms with Gasteiger partial charge in [0, 0.05) is 0 Å². The van der Waals surface area contributed by atoms with Crippen molar-refractivity contribution in [3.8, 4) is 0 Å². The second-order valence-corrected chi connectivity index (χ2v) is 8.84. The van der Waals surface area contributed by atoms with E-state index in [0.29, 0.717) is 0 Å².